The summed E-state index contributed by atoms with van der Waals surface area (Å²) in [6.07, 6.45) is 4.10. The van der Waals surface area contributed by atoms with Gasteiger partial charge in [0, 0.05) is 19.6 Å². The van der Waals surface area contributed by atoms with Crippen LogP contribution in [0, 0.1) is 0 Å². The number of fused-ring (bicyclic) bond motifs is 1. The maximum atomic E-state index is 13.2. The number of hydrogen-bond donors (Lipinski definition) is 0. The summed E-state index contributed by atoms with van der Waals surface area (Å²) in [4.78, 5) is 27.8. The van der Waals surface area contributed by atoms with E-state index >= 15 is 0 Å². The monoisotopic (exact) mass is 559 g/mol. The van der Waals surface area contributed by atoms with E-state index in [1.54, 1.807) is 21.4 Å². The third kappa shape index (κ3) is 6.94. The van der Waals surface area contributed by atoms with Gasteiger partial charge in [-0.25, -0.2) is 23.1 Å². The summed E-state index contributed by atoms with van der Waals surface area (Å²) in [5, 5.41) is 4.33. The zero-order chi connectivity index (χ0) is 27.7. The number of hydrogen-bond acceptors (Lipinski definition) is 7. The zero-order valence-electron chi connectivity index (χ0n) is 22.5. The van der Waals surface area contributed by atoms with Gasteiger partial charge in [0.25, 0.3) is 0 Å². The van der Waals surface area contributed by atoms with Gasteiger partial charge in [0.1, 0.15) is 25.3 Å². The summed E-state index contributed by atoms with van der Waals surface area (Å²) >= 11 is 1.75. The Bertz CT molecular complexity index is 1460. The van der Waals surface area contributed by atoms with Gasteiger partial charge in [0.15, 0.2) is 0 Å². The second-order valence-electron chi connectivity index (χ2n) is 9.44. The van der Waals surface area contributed by atoms with Gasteiger partial charge in [0.05, 0.1) is 18.8 Å². The van der Waals surface area contributed by atoms with Crippen molar-refractivity contribution in [2.45, 2.75) is 26.1 Å². The molecule has 208 valence electrons. The molecule has 2 heterocycles. The number of nitrogens with zero attached hydrogens (tertiary/aromatic N) is 5. The molecule has 10 heteroatoms. The van der Waals surface area contributed by atoms with Crippen molar-refractivity contribution in [3.8, 4) is 11.4 Å². The van der Waals surface area contributed by atoms with Crippen molar-refractivity contribution in [2.75, 3.05) is 32.5 Å². The Morgan fingerprint density at radius 1 is 1.00 bits per heavy atom. The van der Waals surface area contributed by atoms with Crippen LogP contribution < -0.4 is 10.4 Å². The van der Waals surface area contributed by atoms with E-state index in [2.05, 4.69) is 27.8 Å². The summed E-state index contributed by atoms with van der Waals surface area (Å²) < 4.78 is 16.6. The smallest absolute Gasteiger partial charge is 0.410 e. The number of para-hydroxylation sites is 1. The number of carbonyl (C=O) groups is 1. The van der Waals surface area contributed by atoms with E-state index in [9.17, 15) is 9.59 Å². The topological polar surface area (TPSA) is 81.8 Å². The molecule has 0 fully saturated rings. The number of benzene rings is 3. The standard InChI is InChI=1S/C30H33N5O4S/c1-40-33-15-14-25-20-27(13-12-26(25)21-33)34-23-31-35(29(34)36)17-16-32(18-19-38-28-10-6-3-7-11-28)30(37)39-22-24-8-4-2-5-9-24/h2-13,20,23H,14-19,21-22H2,1H3. The van der Waals surface area contributed by atoms with Crippen LogP contribution in [0.1, 0.15) is 16.7 Å². The van der Waals surface area contributed by atoms with Gasteiger partial charge in [0.2, 0.25) is 0 Å². The van der Waals surface area contributed by atoms with E-state index in [-0.39, 0.29) is 32.0 Å². The number of ether oxygens (including phenoxy) is 2. The maximum absolute atomic E-state index is 13.2. The second-order valence-corrected chi connectivity index (χ2v) is 10.3. The highest BCUT2D eigenvalue weighted by Gasteiger charge is 2.19. The Hall–Kier alpha value is -4.02. The molecule has 1 amide bonds. The molecule has 0 atom stereocenters. The van der Waals surface area contributed by atoms with Crippen LogP contribution in [0.4, 0.5) is 4.79 Å². The van der Waals surface area contributed by atoms with Crippen LogP contribution in [0.5, 0.6) is 5.75 Å². The van der Waals surface area contributed by atoms with Crippen molar-refractivity contribution in [1.82, 2.24) is 23.6 Å². The molecule has 1 aliphatic heterocycles. The molecule has 4 aromatic rings. The van der Waals surface area contributed by atoms with Gasteiger partial charge in [-0.05, 0) is 53.6 Å². The number of aromatic nitrogens is 3. The SMILES string of the molecule is CSN1CCc2cc(-n3cnn(CCN(CCOc4ccccc4)C(=O)OCc4ccccc4)c3=O)ccc2C1. The lowest BCUT2D eigenvalue weighted by Gasteiger charge is -2.26. The first-order chi connectivity index (χ1) is 19.6. The molecule has 0 unspecified atom stereocenters. The molecule has 5 rings (SSSR count). The zero-order valence-corrected chi connectivity index (χ0v) is 23.3. The number of amides is 1. The maximum Gasteiger partial charge on any atom is 0.410 e. The highest BCUT2D eigenvalue weighted by molar-refractivity contribution is 7.96. The molecule has 3 aromatic carbocycles. The molecule has 0 radical (unpaired) electrons. The van der Waals surface area contributed by atoms with Crippen molar-refractivity contribution in [3.05, 3.63) is 112 Å². The molecule has 0 aliphatic carbocycles. The van der Waals surface area contributed by atoms with Crippen LogP contribution in [0.2, 0.25) is 0 Å². The van der Waals surface area contributed by atoms with E-state index in [1.807, 2.05) is 66.7 Å². The van der Waals surface area contributed by atoms with Crippen molar-refractivity contribution < 1.29 is 14.3 Å². The molecule has 0 saturated heterocycles. The summed E-state index contributed by atoms with van der Waals surface area (Å²) in [5.41, 5.74) is 3.99. The van der Waals surface area contributed by atoms with E-state index in [0.717, 1.165) is 36.5 Å². The lowest BCUT2D eigenvalue weighted by molar-refractivity contribution is 0.0884. The average molecular weight is 560 g/mol. The van der Waals surface area contributed by atoms with Crippen molar-refractivity contribution in [2.24, 2.45) is 0 Å². The van der Waals surface area contributed by atoms with Crippen LogP contribution in [0.15, 0.2) is 90.0 Å². The van der Waals surface area contributed by atoms with Crippen LogP contribution in [-0.4, -0.2) is 62.1 Å². The lowest BCUT2D eigenvalue weighted by atomic mass is 10.0. The van der Waals surface area contributed by atoms with Crippen molar-refractivity contribution in [1.29, 1.82) is 0 Å². The first-order valence-corrected chi connectivity index (χ1v) is 14.5. The minimum absolute atomic E-state index is 0.164. The van der Waals surface area contributed by atoms with E-state index < -0.39 is 6.09 Å². The third-order valence-corrected chi connectivity index (χ3v) is 7.68. The van der Waals surface area contributed by atoms with Crippen LogP contribution in [-0.2, 0) is 30.9 Å². The lowest BCUT2D eigenvalue weighted by Crippen LogP contribution is -2.39. The molecular formula is C30H33N5O4S. The molecule has 0 bridgehead atoms. The van der Waals surface area contributed by atoms with Crippen LogP contribution >= 0.6 is 11.9 Å². The summed E-state index contributed by atoms with van der Waals surface area (Å²) in [6.45, 7) is 3.11. The van der Waals surface area contributed by atoms with Gasteiger partial charge >= 0.3 is 11.8 Å². The molecule has 1 aliphatic rings. The molecule has 1 aromatic heterocycles. The minimum atomic E-state index is -0.470. The summed E-state index contributed by atoms with van der Waals surface area (Å²) in [6, 6.07) is 25.1. The number of carbonyl (C=O) groups excluding carboxylic acids is 1. The minimum Gasteiger partial charge on any atom is -0.492 e. The molecule has 0 N–H and O–H groups in total. The summed E-state index contributed by atoms with van der Waals surface area (Å²) in [7, 11) is 0. The third-order valence-electron chi connectivity index (χ3n) is 6.86. The van der Waals surface area contributed by atoms with Crippen molar-refractivity contribution >= 4 is 18.0 Å². The second kappa shape index (κ2) is 13.4. The highest BCUT2D eigenvalue weighted by Crippen LogP contribution is 2.24. The fourth-order valence-corrected chi connectivity index (χ4v) is 5.14. The normalized spacial score (nSPS) is 13.0. The highest BCUT2D eigenvalue weighted by atomic mass is 32.2. The summed E-state index contributed by atoms with van der Waals surface area (Å²) in [5.74, 6) is 0.723. The Kier molecular flexibility index (Phi) is 9.20. The van der Waals surface area contributed by atoms with E-state index in [4.69, 9.17) is 9.47 Å². The first kappa shape index (κ1) is 27.5. The fourth-order valence-electron chi connectivity index (χ4n) is 4.60. The average Bonchev–Trinajstić information content (AvgIpc) is 3.37. The van der Waals surface area contributed by atoms with Gasteiger partial charge in [-0.1, -0.05) is 66.5 Å². The van der Waals surface area contributed by atoms with Gasteiger partial charge < -0.3 is 14.4 Å². The Morgan fingerprint density at radius 3 is 2.55 bits per heavy atom. The fraction of sp³-hybridized carbons (Fsp3) is 0.300. The van der Waals surface area contributed by atoms with Crippen LogP contribution in [0.25, 0.3) is 5.69 Å². The number of rotatable bonds is 11. The van der Waals surface area contributed by atoms with E-state index in [0.29, 0.717) is 6.54 Å². The van der Waals surface area contributed by atoms with Crippen molar-refractivity contribution in [3.63, 3.8) is 0 Å². The van der Waals surface area contributed by atoms with Gasteiger partial charge in [-0.15, -0.1) is 0 Å². The Balaban J connectivity index is 1.24. The Morgan fingerprint density at radius 2 is 1.77 bits per heavy atom. The quantitative estimate of drug-likeness (QED) is 0.252. The molecule has 0 spiro atoms. The van der Waals surface area contributed by atoms with Crippen LogP contribution in [0.3, 0.4) is 0 Å². The van der Waals surface area contributed by atoms with Gasteiger partial charge in [-0.2, -0.15) is 5.10 Å². The Labute approximate surface area is 238 Å². The predicted molar refractivity (Wildman–Crippen MR) is 156 cm³/mol. The molecule has 40 heavy (non-hydrogen) atoms. The van der Waals surface area contributed by atoms with Gasteiger partial charge in [-0.3, -0.25) is 0 Å². The van der Waals surface area contributed by atoms with E-state index in [1.165, 1.54) is 22.1 Å². The first-order valence-electron chi connectivity index (χ1n) is 13.3. The molecular weight excluding hydrogens is 526 g/mol. The largest absolute Gasteiger partial charge is 0.492 e. The molecule has 9 nitrogen and oxygen atoms in total. The predicted octanol–water partition coefficient (Wildman–Crippen LogP) is 4.39. The molecule has 0 saturated carbocycles.